The highest BCUT2D eigenvalue weighted by atomic mass is 31.2. The van der Waals surface area contributed by atoms with Crippen LogP contribution in [-0.4, -0.2) is 32.2 Å². The first kappa shape index (κ1) is 17.2. The third-order valence-electron chi connectivity index (χ3n) is 1.58. The highest BCUT2D eigenvalue weighted by Crippen LogP contribution is 2.48. The minimum Gasteiger partial charge on any atom is -0.303 e. The fourth-order valence-corrected chi connectivity index (χ4v) is 1.17. The summed E-state index contributed by atoms with van der Waals surface area (Å²) in [4.78, 5) is 0. The molecule has 0 amide bonds. The molecular weight excluding hydrogens is 296 g/mol. The molecule has 106 valence electrons. The van der Waals surface area contributed by atoms with Gasteiger partial charge in [0.15, 0.2) is 0 Å². The molecule has 0 aliphatic heterocycles. The Morgan fingerprint density at radius 2 is 1.33 bits per heavy atom. The predicted molar refractivity (Wildman–Crippen MR) is 45.3 cm³/mol. The Bertz CT molecular complexity index is 397. The van der Waals surface area contributed by atoms with Crippen LogP contribution in [0.15, 0.2) is 0 Å². The molecule has 0 rings (SSSR count). The first-order valence-electron chi connectivity index (χ1n) is 3.91. The largest absolute Gasteiger partial charge is 0.461 e. The first-order valence-corrected chi connectivity index (χ1v) is 5.45. The molecule has 0 aliphatic carbocycles. The highest BCUT2D eigenvalue weighted by Gasteiger charge is 2.72. The third-order valence-corrected chi connectivity index (χ3v) is 2.93. The molecule has 18 heavy (non-hydrogen) atoms. The summed E-state index contributed by atoms with van der Waals surface area (Å²) < 4.78 is 104. The van der Waals surface area contributed by atoms with Crippen molar-refractivity contribution < 1.29 is 44.3 Å². The minimum absolute atomic E-state index is 0.282. The van der Waals surface area contributed by atoms with Crippen LogP contribution in [0, 0.1) is 11.6 Å². The van der Waals surface area contributed by atoms with E-state index in [1.54, 1.807) is 0 Å². The molecule has 0 fully saturated rings. The molecule has 0 atom stereocenters. The summed E-state index contributed by atoms with van der Waals surface area (Å²) in [6.07, 6.45) is -6.50. The van der Waals surface area contributed by atoms with Crippen molar-refractivity contribution in [3.8, 4) is 11.6 Å². The Morgan fingerprint density at radius 1 is 0.944 bits per heavy atom. The van der Waals surface area contributed by atoms with Gasteiger partial charge >= 0.3 is 25.6 Å². The Balaban J connectivity index is 5.46. The lowest BCUT2D eigenvalue weighted by Crippen LogP contribution is -2.51. The molecule has 0 spiro atoms. The molecule has 0 heterocycles. The van der Waals surface area contributed by atoms with Gasteiger partial charge in [0.2, 0.25) is 0 Å². The second kappa shape index (κ2) is 5.07. The lowest BCUT2D eigenvalue weighted by atomic mass is 10.2. The molecule has 0 saturated carbocycles. The summed E-state index contributed by atoms with van der Waals surface area (Å²) in [6.45, 7) is 0. The maximum atomic E-state index is 12.6. The van der Waals surface area contributed by atoms with Crippen LogP contribution in [-0.2, 0) is 13.6 Å². The van der Waals surface area contributed by atoms with Crippen molar-refractivity contribution in [2.45, 2.75) is 18.0 Å². The highest BCUT2D eigenvalue weighted by molar-refractivity contribution is 7.59. The fourth-order valence-electron chi connectivity index (χ4n) is 0.561. The molecule has 0 aromatic carbocycles. The van der Waals surface area contributed by atoms with Crippen LogP contribution in [0.3, 0.4) is 0 Å². The number of rotatable bonds is 3. The van der Waals surface area contributed by atoms with Gasteiger partial charge in [0.05, 0.1) is 0 Å². The maximum absolute atomic E-state index is 12.6. The van der Waals surface area contributed by atoms with E-state index < -0.39 is 25.6 Å². The average Bonchev–Trinajstić information content (AvgIpc) is 2.24. The average molecular weight is 302 g/mol. The fraction of sp³-hybridized carbons (Fsp3) is 0.714. The topological polar surface area (TPSA) is 35.5 Å². The smallest absolute Gasteiger partial charge is 0.303 e. The summed E-state index contributed by atoms with van der Waals surface area (Å²) in [5.41, 5.74) is 0.945. The number of hydrogen-bond donors (Lipinski definition) is 0. The Hall–Kier alpha value is -0.780. The standard InChI is InChI=1S/C7H6F7O3P/c1-16-18(15,17-2)4-3-5(8,9)6(10,11)7(12,13)14/h1-2H3. The van der Waals surface area contributed by atoms with Crippen LogP contribution < -0.4 is 0 Å². The zero-order valence-electron chi connectivity index (χ0n) is 8.82. The van der Waals surface area contributed by atoms with Gasteiger partial charge in [-0.1, -0.05) is 0 Å². The van der Waals surface area contributed by atoms with E-state index >= 15 is 0 Å². The van der Waals surface area contributed by atoms with Gasteiger partial charge < -0.3 is 9.05 Å². The van der Waals surface area contributed by atoms with E-state index in [4.69, 9.17) is 0 Å². The van der Waals surface area contributed by atoms with Gasteiger partial charge in [-0.25, -0.2) is 4.57 Å². The van der Waals surface area contributed by atoms with Crippen molar-refractivity contribution >= 4 is 7.60 Å². The van der Waals surface area contributed by atoms with E-state index in [0.29, 0.717) is 14.2 Å². The lowest BCUT2D eigenvalue weighted by molar-refractivity contribution is -0.339. The van der Waals surface area contributed by atoms with Gasteiger partial charge in [-0.05, 0) is 5.92 Å². The van der Waals surface area contributed by atoms with E-state index in [9.17, 15) is 35.3 Å². The van der Waals surface area contributed by atoms with E-state index in [2.05, 4.69) is 9.05 Å². The molecule has 11 heteroatoms. The van der Waals surface area contributed by atoms with Crippen LogP contribution >= 0.6 is 7.60 Å². The van der Waals surface area contributed by atoms with Gasteiger partial charge in [-0.2, -0.15) is 30.7 Å². The SMILES string of the molecule is COP(=O)(C#CC(F)(F)C(F)(F)C(F)(F)F)OC. The molecule has 0 bridgehead atoms. The van der Waals surface area contributed by atoms with E-state index in [-0.39, 0.29) is 5.92 Å². The summed E-state index contributed by atoms with van der Waals surface area (Å²) in [6, 6.07) is 0. The van der Waals surface area contributed by atoms with Crippen LogP contribution in [0.25, 0.3) is 0 Å². The zero-order valence-corrected chi connectivity index (χ0v) is 9.71. The zero-order chi connectivity index (χ0) is 14.8. The Kier molecular flexibility index (Phi) is 4.85. The van der Waals surface area contributed by atoms with Crippen molar-refractivity contribution in [3.63, 3.8) is 0 Å². The number of alkyl halides is 7. The monoisotopic (exact) mass is 302 g/mol. The van der Waals surface area contributed by atoms with E-state index in [0.717, 1.165) is 5.66 Å². The first-order chi connectivity index (χ1) is 7.83. The van der Waals surface area contributed by atoms with Crippen LogP contribution in [0.1, 0.15) is 0 Å². The molecule has 0 unspecified atom stereocenters. The molecular formula is C7H6F7O3P. The molecule has 0 N–H and O–H groups in total. The Morgan fingerprint density at radius 3 is 1.61 bits per heavy atom. The van der Waals surface area contributed by atoms with Crippen LogP contribution in [0.4, 0.5) is 30.7 Å². The van der Waals surface area contributed by atoms with Gasteiger partial charge in [-0.15, -0.1) is 0 Å². The van der Waals surface area contributed by atoms with Crippen molar-refractivity contribution in [2.24, 2.45) is 0 Å². The molecule has 0 aromatic heterocycles. The molecule has 0 saturated heterocycles. The molecule has 0 aromatic rings. The quantitative estimate of drug-likeness (QED) is 0.456. The van der Waals surface area contributed by atoms with E-state index in [1.165, 1.54) is 0 Å². The van der Waals surface area contributed by atoms with Crippen molar-refractivity contribution in [2.75, 3.05) is 14.2 Å². The van der Waals surface area contributed by atoms with Crippen LogP contribution in [0.2, 0.25) is 0 Å². The van der Waals surface area contributed by atoms with Crippen LogP contribution in [0.5, 0.6) is 0 Å². The predicted octanol–water partition coefficient (Wildman–Crippen LogP) is 3.27. The summed E-state index contributed by atoms with van der Waals surface area (Å²) >= 11 is 0. The minimum atomic E-state index is -6.50. The van der Waals surface area contributed by atoms with E-state index in [1.807, 2.05) is 0 Å². The normalized spacial score (nSPS) is 14.1. The second-order valence-electron chi connectivity index (χ2n) is 2.75. The molecule has 0 aliphatic rings. The lowest BCUT2D eigenvalue weighted by Gasteiger charge is -2.24. The number of halogens is 7. The summed E-state index contributed by atoms with van der Waals surface area (Å²) in [5.74, 6) is -11.9. The molecule has 3 nitrogen and oxygen atoms in total. The Labute approximate surface area is 96.8 Å². The third kappa shape index (κ3) is 3.37. The van der Waals surface area contributed by atoms with Crippen molar-refractivity contribution in [3.05, 3.63) is 0 Å². The number of hydrogen-bond acceptors (Lipinski definition) is 3. The maximum Gasteiger partial charge on any atom is 0.461 e. The van der Waals surface area contributed by atoms with Gasteiger partial charge in [-0.3, -0.25) is 0 Å². The molecule has 0 radical (unpaired) electrons. The summed E-state index contributed by atoms with van der Waals surface area (Å²) in [5, 5.41) is 0. The van der Waals surface area contributed by atoms with Gasteiger partial charge in [0.1, 0.15) is 0 Å². The van der Waals surface area contributed by atoms with Crippen molar-refractivity contribution in [1.82, 2.24) is 0 Å². The second-order valence-corrected chi connectivity index (χ2v) is 4.69. The van der Waals surface area contributed by atoms with Crippen molar-refractivity contribution in [1.29, 1.82) is 0 Å². The summed E-state index contributed by atoms with van der Waals surface area (Å²) in [7, 11) is -3.05. The van der Waals surface area contributed by atoms with Gasteiger partial charge in [0.25, 0.3) is 0 Å². The van der Waals surface area contributed by atoms with Gasteiger partial charge in [0, 0.05) is 19.9 Å².